The second kappa shape index (κ2) is 6.89. The maximum Gasteiger partial charge on any atom is 0.248 e. The van der Waals surface area contributed by atoms with Gasteiger partial charge in [-0.3, -0.25) is 9.78 Å². The number of benzene rings is 1. The van der Waals surface area contributed by atoms with Crippen molar-refractivity contribution in [1.29, 1.82) is 0 Å². The van der Waals surface area contributed by atoms with Crippen LogP contribution in [0.4, 0.5) is 5.69 Å². The molecule has 1 N–H and O–H groups in total. The molecule has 22 heavy (non-hydrogen) atoms. The SMILES string of the molecule is COc1ccccc1/C=C/C(=O)Nc1c(C)cc(C)nc1C. The van der Waals surface area contributed by atoms with Gasteiger partial charge in [-0.1, -0.05) is 18.2 Å². The molecule has 0 fully saturated rings. The highest BCUT2D eigenvalue weighted by Gasteiger charge is 2.07. The molecule has 1 heterocycles. The summed E-state index contributed by atoms with van der Waals surface area (Å²) in [6, 6.07) is 9.49. The van der Waals surface area contributed by atoms with Crippen molar-refractivity contribution in [1.82, 2.24) is 4.98 Å². The molecule has 0 aliphatic carbocycles. The molecule has 2 rings (SSSR count). The van der Waals surface area contributed by atoms with Crippen molar-refractivity contribution in [3.8, 4) is 5.75 Å². The number of carbonyl (C=O) groups is 1. The van der Waals surface area contributed by atoms with E-state index in [9.17, 15) is 4.79 Å². The highest BCUT2D eigenvalue weighted by atomic mass is 16.5. The number of pyridine rings is 1. The van der Waals surface area contributed by atoms with E-state index in [4.69, 9.17) is 4.74 Å². The molecule has 0 saturated carbocycles. The van der Waals surface area contributed by atoms with E-state index < -0.39 is 0 Å². The van der Waals surface area contributed by atoms with Crippen molar-refractivity contribution >= 4 is 17.7 Å². The Bertz CT molecular complexity index is 698. The summed E-state index contributed by atoms with van der Waals surface area (Å²) in [6.07, 6.45) is 3.23. The lowest BCUT2D eigenvalue weighted by atomic mass is 10.1. The zero-order valence-corrected chi connectivity index (χ0v) is 13.3. The van der Waals surface area contributed by atoms with Crippen LogP contribution >= 0.6 is 0 Å². The molecule has 1 aromatic carbocycles. The van der Waals surface area contributed by atoms with Gasteiger partial charge in [-0.15, -0.1) is 0 Å². The van der Waals surface area contributed by atoms with Gasteiger partial charge >= 0.3 is 0 Å². The number of carbonyl (C=O) groups excluding carboxylic acids is 1. The Morgan fingerprint density at radius 1 is 1.23 bits per heavy atom. The van der Waals surface area contributed by atoms with Gasteiger partial charge in [-0.25, -0.2) is 0 Å². The molecule has 0 aliphatic rings. The number of nitrogens with zero attached hydrogens (tertiary/aromatic N) is 1. The average Bonchev–Trinajstić information content (AvgIpc) is 2.49. The van der Waals surface area contributed by atoms with E-state index in [2.05, 4.69) is 10.3 Å². The third-order valence-corrected chi connectivity index (χ3v) is 3.33. The molecule has 4 heteroatoms. The first kappa shape index (κ1) is 15.8. The molecule has 4 nitrogen and oxygen atoms in total. The largest absolute Gasteiger partial charge is 0.496 e. The Morgan fingerprint density at radius 2 is 1.95 bits per heavy atom. The van der Waals surface area contributed by atoms with Crippen LogP contribution in [-0.2, 0) is 4.79 Å². The monoisotopic (exact) mass is 296 g/mol. The van der Waals surface area contributed by atoms with Crippen LogP contribution in [0.5, 0.6) is 5.75 Å². The molecule has 0 bridgehead atoms. The molecule has 114 valence electrons. The van der Waals surface area contributed by atoms with Crippen LogP contribution in [0.1, 0.15) is 22.5 Å². The van der Waals surface area contributed by atoms with Gasteiger partial charge in [0.2, 0.25) is 5.91 Å². The predicted octanol–water partition coefficient (Wildman–Crippen LogP) is 3.67. The van der Waals surface area contributed by atoms with Crippen molar-refractivity contribution in [2.45, 2.75) is 20.8 Å². The van der Waals surface area contributed by atoms with E-state index in [1.54, 1.807) is 13.2 Å². The molecule has 0 atom stereocenters. The molecule has 1 aromatic heterocycles. The molecule has 0 radical (unpaired) electrons. The zero-order valence-electron chi connectivity index (χ0n) is 13.3. The summed E-state index contributed by atoms with van der Waals surface area (Å²) in [6.45, 7) is 5.79. The Hall–Kier alpha value is -2.62. The lowest BCUT2D eigenvalue weighted by molar-refractivity contribution is -0.111. The fourth-order valence-corrected chi connectivity index (χ4v) is 2.35. The molecular formula is C18H20N2O2. The minimum absolute atomic E-state index is 0.192. The Balaban J connectivity index is 2.15. The normalized spacial score (nSPS) is 10.7. The first-order valence-corrected chi connectivity index (χ1v) is 7.08. The number of anilines is 1. The number of rotatable bonds is 4. The van der Waals surface area contributed by atoms with Gasteiger partial charge in [0.15, 0.2) is 0 Å². The van der Waals surface area contributed by atoms with Gasteiger partial charge in [0.05, 0.1) is 18.5 Å². The molecule has 2 aromatic rings. The van der Waals surface area contributed by atoms with Gasteiger partial charge in [-0.05, 0) is 44.5 Å². The summed E-state index contributed by atoms with van der Waals surface area (Å²) >= 11 is 0. The second-order valence-electron chi connectivity index (χ2n) is 5.11. The molecule has 0 aliphatic heterocycles. The number of nitrogens with one attached hydrogen (secondary N) is 1. The van der Waals surface area contributed by atoms with Crippen LogP contribution in [0.2, 0.25) is 0 Å². The molecule has 0 unspecified atom stereocenters. The standard InChI is InChI=1S/C18H20N2O2/c1-12-11-13(2)19-14(3)18(12)20-17(21)10-9-15-7-5-6-8-16(15)22-4/h5-11H,1-4H3,(H,20,21)/b10-9+. The van der Waals surface area contributed by atoms with Crippen molar-refractivity contribution in [3.05, 3.63) is 58.9 Å². The maximum absolute atomic E-state index is 12.1. The third-order valence-electron chi connectivity index (χ3n) is 3.33. The summed E-state index contributed by atoms with van der Waals surface area (Å²) < 4.78 is 5.25. The van der Waals surface area contributed by atoms with Crippen LogP contribution in [0.3, 0.4) is 0 Å². The molecule has 0 spiro atoms. The van der Waals surface area contributed by atoms with Gasteiger partial charge in [0.1, 0.15) is 5.75 Å². The predicted molar refractivity (Wildman–Crippen MR) is 89.1 cm³/mol. The fourth-order valence-electron chi connectivity index (χ4n) is 2.35. The smallest absolute Gasteiger partial charge is 0.248 e. The van der Waals surface area contributed by atoms with E-state index in [1.165, 1.54) is 6.08 Å². The number of para-hydroxylation sites is 1. The zero-order chi connectivity index (χ0) is 16.1. The highest BCUT2D eigenvalue weighted by molar-refractivity contribution is 6.02. The summed E-state index contributed by atoms with van der Waals surface area (Å²) in [5.74, 6) is 0.540. The first-order chi connectivity index (χ1) is 10.5. The first-order valence-electron chi connectivity index (χ1n) is 7.08. The quantitative estimate of drug-likeness (QED) is 0.876. The van der Waals surface area contributed by atoms with Crippen molar-refractivity contribution in [2.75, 3.05) is 12.4 Å². The third kappa shape index (κ3) is 3.73. The Kier molecular flexibility index (Phi) is 4.94. The number of hydrogen-bond donors (Lipinski definition) is 1. The van der Waals surface area contributed by atoms with Gasteiger partial charge in [0.25, 0.3) is 0 Å². The van der Waals surface area contributed by atoms with Gasteiger partial charge < -0.3 is 10.1 Å². The van der Waals surface area contributed by atoms with Crippen LogP contribution in [-0.4, -0.2) is 18.0 Å². The number of aromatic nitrogens is 1. The minimum Gasteiger partial charge on any atom is -0.496 e. The summed E-state index contributed by atoms with van der Waals surface area (Å²) in [5.41, 5.74) is 4.38. The van der Waals surface area contributed by atoms with Crippen molar-refractivity contribution in [3.63, 3.8) is 0 Å². The van der Waals surface area contributed by atoms with Crippen LogP contribution in [0, 0.1) is 20.8 Å². The lowest BCUT2D eigenvalue weighted by Crippen LogP contribution is -2.11. The average molecular weight is 296 g/mol. The van der Waals surface area contributed by atoms with Crippen molar-refractivity contribution in [2.24, 2.45) is 0 Å². The number of ether oxygens (including phenoxy) is 1. The molecular weight excluding hydrogens is 276 g/mol. The van der Waals surface area contributed by atoms with E-state index in [-0.39, 0.29) is 5.91 Å². The van der Waals surface area contributed by atoms with Gasteiger partial charge in [0, 0.05) is 17.3 Å². The molecule has 0 saturated heterocycles. The minimum atomic E-state index is -0.192. The van der Waals surface area contributed by atoms with Gasteiger partial charge in [-0.2, -0.15) is 0 Å². The fraction of sp³-hybridized carbons (Fsp3) is 0.222. The van der Waals surface area contributed by atoms with E-state index in [0.29, 0.717) is 0 Å². The lowest BCUT2D eigenvalue weighted by Gasteiger charge is -2.10. The number of aryl methyl sites for hydroxylation is 3. The van der Waals surface area contributed by atoms with Crippen LogP contribution < -0.4 is 10.1 Å². The maximum atomic E-state index is 12.1. The number of methoxy groups -OCH3 is 1. The van der Waals surface area contributed by atoms with Crippen molar-refractivity contribution < 1.29 is 9.53 Å². The van der Waals surface area contributed by atoms with Crippen LogP contribution in [0.15, 0.2) is 36.4 Å². The van der Waals surface area contributed by atoms with E-state index in [0.717, 1.165) is 34.0 Å². The summed E-state index contributed by atoms with van der Waals surface area (Å²) in [7, 11) is 1.61. The second-order valence-corrected chi connectivity index (χ2v) is 5.11. The molecule has 1 amide bonds. The Morgan fingerprint density at radius 3 is 2.64 bits per heavy atom. The topological polar surface area (TPSA) is 51.2 Å². The number of hydrogen-bond acceptors (Lipinski definition) is 3. The van der Waals surface area contributed by atoms with E-state index in [1.807, 2.05) is 51.1 Å². The Labute approximate surface area is 130 Å². The summed E-state index contributed by atoms with van der Waals surface area (Å²) in [4.78, 5) is 16.5. The number of amides is 1. The van der Waals surface area contributed by atoms with E-state index >= 15 is 0 Å². The van der Waals surface area contributed by atoms with Crippen LogP contribution in [0.25, 0.3) is 6.08 Å². The highest BCUT2D eigenvalue weighted by Crippen LogP contribution is 2.20. The summed E-state index contributed by atoms with van der Waals surface area (Å²) in [5, 5.41) is 2.88.